The number of carboxylic acids is 1. The second-order valence-corrected chi connectivity index (χ2v) is 5.10. The minimum Gasteiger partial charge on any atom is -0.481 e. The molecule has 2 aromatic heterocycles. The molecule has 0 aliphatic rings. The minimum atomic E-state index is -0.792. The summed E-state index contributed by atoms with van der Waals surface area (Å²) in [5, 5.41) is 10.8. The third-order valence-corrected chi connectivity index (χ3v) is 3.76. The van der Waals surface area contributed by atoms with Crippen molar-refractivity contribution in [1.82, 2.24) is 9.38 Å². The highest BCUT2D eigenvalue weighted by molar-refractivity contribution is 7.15. The number of aryl methyl sites for hydroxylation is 1. The van der Waals surface area contributed by atoms with E-state index >= 15 is 0 Å². The number of benzene rings is 1. The van der Waals surface area contributed by atoms with Crippen LogP contribution in [0.1, 0.15) is 12.1 Å². The standard InChI is InChI=1S/C14H12N2O2S/c17-13(18)7-6-11-8-16-12(9-19-14(16)15-11)10-4-2-1-3-5-10/h1-5,8-9H,6-7H2,(H,17,18). The fourth-order valence-corrected chi connectivity index (χ4v) is 2.90. The summed E-state index contributed by atoms with van der Waals surface area (Å²) in [5.41, 5.74) is 3.05. The van der Waals surface area contributed by atoms with Crippen molar-refractivity contribution in [2.24, 2.45) is 0 Å². The van der Waals surface area contributed by atoms with E-state index in [-0.39, 0.29) is 6.42 Å². The fraction of sp³-hybridized carbons (Fsp3) is 0.143. The molecular weight excluding hydrogens is 260 g/mol. The molecule has 0 unspecified atom stereocenters. The highest BCUT2D eigenvalue weighted by atomic mass is 32.1. The lowest BCUT2D eigenvalue weighted by atomic mass is 10.2. The zero-order valence-corrected chi connectivity index (χ0v) is 10.9. The van der Waals surface area contributed by atoms with Gasteiger partial charge in [0.1, 0.15) is 0 Å². The fourth-order valence-electron chi connectivity index (χ4n) is 2.00. The molecule has 0 saturated heterocycles. The first-order valence-electron chi connectivity index (χ1n) is 5.97. The molecule has 0 amide bonds. The molecule has 0 fully saturated rings. The highest BCUT2D eigenvalue weighted by Crippen LogP contribution is 2.26. The summed E-state index contributed by atoms with van der Waals surface area (Å²) in [6.45, 7) is 0. The molecule has 0 atom stereocenters. The van der Waals surface area contributed by atoms with Crippen molar-refractivity contribution in [2.45, 2.75) is 12.8 Å². The number of thiazole rings is 1. The van der Waals surface area contributed by atoms with Crippen molar-refractivity contribution in [2.75, 3.05) is 0 Å². The first kappa shape index (κ1) is 11.9. The van der Waals surface area contributed by atoms with Gasteiger partial charge in [0.25, 0.3) is 0 Å². The van der Waals surface area contributed by atoms with Gasteiger partial charge in [-0.25, -0.2) is 4.98 Å². The summed E-state index contributed by atoms with van der Waals surface area (Å²) in [5.74, 6) is -0.792. The van der Waals surface area contributed by atoms with Crippen molar-refractivity contribution < 1.29 is 9.90 Å². The Hall–Kier alpha value is -2.14. The van der Waals surface area contributed by atoms with Crippen molar-refractivity contribution in [1.29, 1.82) is 0 Å². The van der Waals surface area contributed by atoms with Crippen molar-refractivity contribution >= 4 is 22.3 Å². The number of carbonyl (C=O) groups is 1. The van der Waals surface area contributed by atoms with Gasteiger partial charge in [-0.3, -0.25) is 9.20 Å². The number of hydrogen-bond donors (Lipinski definition) is 1. The van der Waals surface area contributed by atoms with E-state index in [1.165, 1.54) is 0 Å². The van der Waals surface area contributed by atoms with Gasteiger partial charge in [0.05, 0.1) is 17.8 Å². The summed E-state index contributed by atoms with van der Waals surface area (Å²) < 4.78 is 2.02. The number of aromatic nitrogens is 2. The summed E-state index contributed by atoms with van der Waals surface area (Å²) in [6, 6.07) is 10.1. The Kier molecular flexibility index (Phi) is 3.05. The number of nitrogens with zero attached hydrogens (tertiary/aromatic N) is 2. The van der Waals surface area contributed by atoms with Gasteiger partial charge in [0, 0.05) is 18.0 Å². The summed E-state index contributed by atoms with van der Waals surface area (Å²) in [4.78, 5) is 15.9. The Morgan fingerprint density at radius 1 is 1.32 bits per heavy atom. The molecule has 5 heteroatoms. The predicted molar refractivity (Wildman–Crippen MR) is 74.5 cm³/mol. The van der Waals surface area contributed by atoms with E-state index in [1.807, 2.05) is 28.8 Å². The van der Waals surface area contributed by atoms with E-state index in [9.17, 15) is 4.79 Å². The number of hydrogen-bond acceptors (Lipinski definition) is 3. The minimum absolute atomic E-state index is 0.117. The maximum atomic E-state index is 10.6. The zero-order chi connectivity index (χ0) is 13.2. The predicted octanol–water partition coefficient (Wildman–Crippen LogP) is 3.08. The molecule has 0 bridgehead atoms. The quantitative estimate of drug-likeness (QED) is 0.794. The number of imidazole rings is 1. The molecule has 96 valence electrons. The van der Waals surface area contributed by atoms with Crippen LogP contribution in [0.2, 0.25) is 0 Å². The first-order chi connectivity index (χ1) is 9.24. The molecule has 2 heterocycles. The molecule has 19 heavy (non-hydrogen) atoms. The van der Waals surface area contributed by atoms with Crippen LogP contribution in [-0.2, 0) is 11.2 Å². The van der Waals surface area contributed by atoms with Gasteiger partial charge in [-0.05, 0) is 5.56 Å². The van der Waals surface area contributed by atoms with E-state index in [2.05, 4.69) is 22.5 Å². The second kappa shape index (κ2) is 4.85. The maximum absolute atomic E-state index is 10.6. The maximum Gasteiger partial charge on any atom is 0.303 e. The molecular formula is C14H12N2O2S. The lowest BCUT2D eigenvalue weighted by Gasteiger charge is -1.98. The lowest BCUT2D eigenvalue weighted by Crippen LogP contribution is -1.97. The van der Waals surface area contributed by atoms with Crippen LogP contribution in [0.3, 0.4) is 0 Å². The van der Waals surface area contributed by atoms with E-state index in [0.717, 1.165) is 21.9 Å². The third-order valence-electron chi connectivity index (χ3n) is 2.92. The Morgan fingerprint density at radius 3 is 2.84 bits per heavy atom. The van der Waals surface area contributed by atoms with E-state index < -0.39 is 5.97 Å². The molecule has 4 nitrogen and oxygen atoms in total. The van der Waals surface area contributed by atoms with Gasteiger partial charge in [0.2, 0.25) is 0 Å². The van der Waals surface area contributed by atoms with E-state index in [1.54, 1.807) is 11.3 Å². The Balaban J connectivity index is 1.96. The Labute approximate surface area is 114 Å². The lowest BCUT2D eigenvalue weighted by molar-refractivity contribution is -0.136. The normalized spacial score (nSPS) is 10.9. The second-order valence-electron chi connectivity index (χ2n) is 4.27. The molecule has 0 spiro atoms. The van der Waals surface area contributed by atoms with Gasteiger partial charge in [-0.2, -0.15) is 0 Å². The van der Waals surface area contributed by atoms with Crippen molar-refractivity contribution in [3.8, 4) is 11.3 Å². The molecule has 3 aromatic rings. The van der Waals surface area contributed by atoms with Crippen LogP contribution >= 0.6 is 11.3 Å². The van der Waals surface area contributed by atoms with E-state index in [0.29, 0.717) is 6.42 Å². The van der Waals surface area contributed by atoms with Gasteiger partial charge < -0.3 is 5.11 Å². The Morgan fingerprint density at radius 2 is 2.11 bits per heavy atom. The first-order valence-corrected chi connectivity index (χ1v) is 6.84. The number of aliphatic carboxylic acids is 1. The third kappa shape index (κ3) is 2.37. The topological polar surface area (TPSA) is 54.6 Å². The van der Waals surface area contributed by atoms with Crippen molar-refractivity contribution in [3.63, 3.8) is 0 Å². The molecule has 1 N–H and O–H groups in total. The van der Waals surface area contributed by atoms with Gasteiger partial charge in [-0.1, -0.05) is 30.3 Å². The molecule has 0 saturated carbocycles. The molecule has 0 aliphatic carbocycles. The largest absolute Gasteiger partial charge is 0.481 e. The monoisotopic (exact) mass is 272 g/mol. The average Bonchev–Trinajstić information content (AvgIpc) is 2.96. The number of fused-ring (bicyclic) bond motifs is 1. The summed E-state index contributed by atoms with van der Waals surface area (Å²) in [6.07, 6.45) is 2.51. The molecule has 1 aromatic carbocycles. The van der Waals surface area contributed by atoms with Crippen LogP contribution in [-0.4, -0.2) is 20.5 Å². The molecule has 0 aliphatic heterocycles. The van der Waals surface area contributed by atoms with Crippen molar-refractivity contribution in [3.05, 3.63) is 47.6 Å². The number of carboxylic acid groups (broad SMARTS) is 1. The van der Waals surface area contributed by atoms with E-state index in [4.69, 9.17) is 5.11 Å². The highest BCUT2D eigenvalue weighted by Gasteiger charge is 2.10. The summed E-state index contributed by atoms with van der Waals surface area (Å²) in [7, 11) is 0. The van der Waals surface area contributed by atoms with Crippen LogP contribution in [0, 0.1) is 0 Å². The van der Waals surface area contributed by atoms with Crippen LogP contribution in [0.5, 0.6) is 0 Å². The number of rotatable bonds is 4. The average molecular weight is 272 g/mol. The van der Waals surface area contributed by atoms with Crippen LogP contribution in [0.15, 0.2) is 41.9 Å². The zero-order valence-electron chi connectivity index (χ0n) is 10.1. The molecule has 3 rings (SSSR count). The van der Waals surface area contributed by atoms with Crippen LogP contribution < -0.4 is 0 Å². The van der Waals surface area contributed by atoms with Gasteiger partial charge in [-0.15, -0.1) is 11.3 Å². The molecule has 0 radical (unpaired) electrons. The van der Waals surface area contributed by atoms with Crippen LogP contribution in [0.4, 0.5) is 0 Å². The Bertz CT molecular complexity index is 715. The van der Waals surface area contributed by atoms with Gasteiger partial charge >= 0.3 is 5.97 Å². The SMILES string of the molecule is O=C(O)CCc1cn2c(-c3ccccc3)csc2n1. The summed E-state index contributed by atoms with van der Waals surface area (Å²) >= 11 is 1.57. The van der Waals surface area contributed by atoms with Crippen LogP contribution in [0.25, 0.3) is 16.2 Å². The smallest absolute Gasteiger partial charge is 0.303 e. The van der Waals surface area contributed by atoms with Gasteiger partial charge in [0.15, 0.2) is 4.96 Å².